The summed E-state index contributed by atoms with van der Waals surface area (Å²) in [4.78, 5) is 14.9. The van der Waals surface area contributed by atoms with E-state index in [1.165, 1.54) is 49.4 Å². The molecule has 1 atom stereocenters. The molecule has 55 heavy (non-hydrogen) atoms. The molecule has 1 aromatic heterocycles. The molecule has 7 aromatic rings. The number of hydrogen-bond donors (Lipinski definition) is 0. The molecule has 6 aromatic carbocycles. The van der Waals surface area contributed by atoms with Gasteiger partial charge >= 0.3 is 0 Å². The molecule has 0 fully saturated rings. The van der Waals surface area contributed by atoms with E-state index in [0.717, 1.165) is 39.8 Å². The molecule has 3 nitrogen and oxygen atoms in total. The van der Waals surface area contributed by atoms with Crippen molar-refractivity contribution in [3.8, 4) is 34.2 Å². The van der Waals surface area contributed by atoms with Crippen LogP contribution < -0.4 is 0 Å². The lowest BCUT2D eigenvalue weighted by atomic mass is 9.71. The molecule has 9 rings (SSSR count). The van der Waals surface area contributed by atoms with Gasteiger partial charge in [-0.3, -0.25) is 0 Å². The van der Waals surface area contributed by atoms with Crippen LogP contribution in [-0.4, -0.2) is 15.0 Å². The molecule has 0 aliphatic heterocycles. The van der Waals surface area contributed by atoms with E-state index >= 15 is 0 Å². The van der Waals surface area contributed by atoms with Crippen molar-refractivity contribution in [2.45, 2.75) is 39.5 Å². The predicted octanol–water partition coefficient (Wildman–Crippen LogP) is 13.4. The van der Waals surface area contributed by atoms with Gasteiger partial charge in [0.2, 0.25) is 0 Å². The Morgan fingerprint density at radius 2 is 1.18 bits per heavy atom. The first-order valence-electron chi connectivity index (χ1n) is 19.2. The molecule has 3 heteroatoms. The molecule has 0 N–H and O–H groups in total. The summed E-state index contributed by atoms with van der Waals surface area (Å²) >= 11 is 0. The standard InChI is InChI=1S/C52H43N3/c1-6-18-37(38-23-17-24-39(31-38)51-54-49(35-19-9-7-10-20-35)53-50(55-51)36-21-11-8-12-22-36)29-33(2)40-30-34(3)47-45(32-40)46-43-27-15-13-25-41(43)42-26-14-16-28-44(42)48(46)52(47,4)5/h6-29,31-32,34H,2,30H2,1,3-5H3/b18-6-,37-29+. The van der Waals surface area contributed by atoms with Gasteiger partial charge in [-0.2, -0.15) is 0 Å². The quantitative estimate of drug-likeness (QED) is 0.122. The Balaban J connectivity index is 1.13. The summed E-state index contributed by atoms with van der Waals surface area (Å²) in [5.41, 5.74) is 13.0. The Hall–Kier alpha value is -6.45. The molecule has 0 amide bonds. The molecule has 0 bridgehead atoms. The van der Waals surface area contributed by atoms with Crippen molar-refractivity contribution in [2.75, 3.05) is 0 Å². The number of rotatable bonds is 7. The Bertz CT molecular complexity index is 2720. The minimum absolute atomic E-state index is 0.0841. The largest absolute Gasteiger partial charge is 0.208 e. The van der Waals surface area contributed by atoms with E-state index in [2.05, 4.69) is 125 Å². The predicted molar refractivity (Wildman–Crippen MR) is 231 cm³/mol. The van der Waals surface area contributed by atoms with E-state index in [1.807, 2.05) is 60.7 Å². The average Bonchev–Trinajstić information content (AvgIpc) is 3.48. The van der Waals surface area contributed by atoms with Gasteiger partial charge in [0.05, 0.1) is 0 Å². The first-order valence-corrected chi connectivity index (χ1v) is 19.2. The van der Waals surface area contributed by atoms with E-state index in [4.69, 9.17) is 21.5 Å². The highest BCUT2D eigenvalue weighted by molar-refractivity contribution is 6.17. The van der Waals surface area contributed by atoms with E-state index in [1.54, 1.807) is 0 Å². The van der Waals surface area contributed by atoms with Crippen molar-refractivity contribution in [1.29, 1.82) is 0 Å². The maximum Gasteiger partial charge on any atom is 0.164 e. The van der Waals surface area contributed by atoms with Gasteiger partial charge in [-0.15, -0.1) is 0 Å². The fourth-order valence-corrected chi connectivity index (χ4v) is 9.06. The molecule has 1 heterocycles. The van der Waals surface area contributed by atoms with Crippen molar-refractivity contribution in [2.24, 2.45) is 5.92 Å². The number of hydrogen-bond acceptors (Lipinski definition) is 3. The molecule has 0 spiro atoms. The molecular formula is C52H43N3. The van der Waals surface area contributed by atoms with Crippen LogP contribution in [0, 0.1) is 5.92 Å². The van der Waals surface area contributed by atoms with Crippen LogP contribution in [0.1, 0.15) is 50.8 Å². The molecular weight excluding hydrogens is 667 g/mol. The van der Waals surface area contributed by atoms with Gasteiger partial charge in [-0.05, 0) is 97.5 Å². The summed E-state index contributed by atoms with van der Waals surface area (Å²) in [6.45, 7) is 14.0. The van der Waals surface area contributed by atoms with Gasteiger partial charge < -0.3 is 0 Å². The Morgan fingerprint density at radius 1 is 0.655 bits per heavy atom. The highest BCUT2D eigenvalue weighted by Crippen LogP contribution is 2.57. The van der Waals surface area contributed by atoms with Crippen LogP contribution in [0.5, 0.6) is 0 Å². The first-order chi connectivity index (χ1) is 26.8. The normalized spacial score (nSPS) is 16.4. The summed E-state index contributed by atoms with van der Waals surface area (Å²) in [5, 5.41) is 5.33. The summed E-state index contributed by atoms with van der Waals surface area (Å²) in [7, 11) is 0. The lowest BCUT2D eigenvalue weighted by molar-refractivity contribution is 0.527. The molecule has 2 aliphatic rings. The van der Waals surface area contributed by atoms with Gasteiger partial charge in [0, 0.05) is 22.1 Å². The molecule has 0 saturated carbocycles. The lowest BCUT2D eigenvalue weighted by Gasteiger charge is -2.32. The molecule has 0 saturated heterocycles. The highest BCUT2D eigenvalue weighted by atomic mass is 15.0. The zero-order chi connectivity index (χ0) is 37.7. The second-order valence-corrected chi connectivity index (χ2v) is 15.3. The zero-order valence-electron chi connectivity index (χ0n) is 31.8. The van der Waals surface area contributed by atoms with Crippen molar-refractivity contribution in [3.63, 3.8) is 0 Å². The minimum Gasteiger partial charge on any atom is -0.208 e. The van der Waals surface area contributed by atoms with E-state index in [-0.39, 0.29) is 5.41 Å². The van der Waals surface area contributed by atoms with Crippen molar-refractivity contribution < 1.29 is 0 Å². The second kappa shape index (κ2) is 13.8. The van der Waals surface area contributed by atoms with Crippen LogP contribution >= 0.6 is 0 Å². The van der Waals surface area contributed by atoms with Gasteiger partial charge in [0.25, 0.3) is 0 Å². The van der Waals surface area contributed by atoms with Gasteiger partial charge in [0.1, 0.15) is 0 Å². The van der Waals surface area contributed by atoms with E-state index in [0.29, 0.717) is 23.4 Å². The third kappa shape index (κ3) is 5.97. The van der Waals surface area contributed by atoms with Crippen LogP contribution in [-0.2, 0) is 5.41 Å². The summed E-state index contributed by atoms with van der Waals surface area (Å²) < 4.78 is 0. The van der Waals surface area contributed by atoms with Crippen LogP contribution in [0.3, 0.4) is 0 Å². The van der Waals surface area contributed by atoms with Crippen molar-refractivity contribution in [1.82, 2.24) is 15.0 Å². The van der Waals surface area contributed by atoms with Crippen LogP contribution in [0.15, 0.2) is 181 Å². The summed E-state index contributed by atoms with van der Waals surface area (Å²) in [6, 6.07) is 46.6. The maximum absolute atomic E-state index is 5.00. The first kappa shape index (κ1) is 34.3. The maximum atomic E-state index is 5.00. The number of benzene rings is 6. The van der Waals surface area contributed by atoms with Gasteiger partial charge in [-0.25, -0.2) is 15.0 Å². The van der Waals surface area contributed by atoms with E-state index in [9.17, 15) is 0 Å². The van der Waals surface area contributed by atoms with Gasteiger partial charge in [-0.1, -0.05) is 173 Å². The van der Waals surface area contributed by atoms with Crippen molar-refractivity contribution in [3.05, 3.63) is 198 Å². The zero-order valence-corrected chi connectivity index (χ0v) is 31.8. The molecule has 0 radical (unpaired) electrons. The average molecular weight is 710 g/mol. The third-order valence-corrected chi connectivity index (χ3v) is 11.4. The van der Waals surface area contributed by atoms with Gasteiger partial charge in [0.15, 0.2) is 17.5 Å². The van der Waals surface area contributed by atoms with E-state index < -0.39 is 0 Å². The smallest absolute Gasteiger partial charge is 0.164 e. The number of aromatic nitrogens is 3. The van der Waals surface area contributed by atoms with Crippen LogP contribution in [0.4, 0.5) is 0 Å². The summed E-state index contributed by atoms with van der Waals surface area (Å²) in [6.07, 6.45) is 9.92. The SMILES string of the molecule is C=C(/C=C(\C=C/C)c1cccc(-c2nc(-c3ccccc3)nc(-c3ccccc3)n2)c1)C1=CC2=C(C(C)C1)C(C)(C)c1c2c2ccccc2c2ccccc12. The second-order valence-electron chi connectivity index (χ2n) is 15.3. The topological polar surface area (TPSA) is 38.7 Å². The summed E-state index contributed by atoms with van der Waals surface area (Å²) in [5.74, 6) is 2.31. The number of fused-ring (bicyclic) bond motifs is 7. The minimum atomic E-state index is -0.0841. The molecule has 2 aliphatic carbocycles. The van der Waals surface area contributed by atoms with Crippen LogP contribution in [0.2, 0.25) is 0 Å². The molecule has 1 unspecified atom stereocenters. The molecule has 266 valence electrons. The monoisotopic (exact) mass is 709 g/mol. The number of nitrogens with zero attached hydrogens (tertiary/aromatic N) is 3. The fourth-order valence-electron chi connectivity index (χ4n) is 9.06. The number of allylic oxidation sites excluding steroid dienone is 9. The Morgan fingerprint density at radius 3 is 1.80 bits per heavy atom. The Kier molecular flexibility index (Phi) is 8.58. The highest BCUT2D eigenvalue weighted by Gasteiger charge is 2.43. The lowest BCUT2D eigenvalue weighted by Crippen LogP contribution is -2.23. The third-order valence-electron chi connectivity index (χ3n) is 11.4. The van der Waals surface area contributed by atoms with Crippen LogP contribution in [0.25, 0.3) is 66.9 Å². The Labute approximate surface area is 323 Å². The fraction of sp³-hybridized carbons (Fsp3) is 0.135. The van der Waals surface area contributed by atoms with Crippen molar-refractivity contribution >= 4 is 32.7 Å².